The Balaban J connectivity index is 2.12. The van der Waals surface area contributed by atoms with Gasteiger partial charge in [0.1, 0.15) is 6.04 Å². The number of ether oxygens (including phenoxy) is 1. The van der Waals surface area contributed by atoms with Crippen molar-refractivity contribution >= 4 is 12.0 Å². The number of amides is 2. The Morgan fingerprint density at radius 3 is 2.36 bits per heavy atom. The molecule has 1 N–H and O–H groups in total. The van der Waals surface area contributed by atoms with Crippen molar-refractivity contribution in [2.24, 2.45) is 11.8 Å². The number of likely N-dealkylation sites (tertiary alicyclic amines) is 1. The molecule has 1 aliphatic carbocycles. The average Bonchev–Trinajstić information content (AvgIpc) is 3.02. The maximum Gasteiger partial charge on any atom is 0.407 e. The quantitative estimate of drug-likeness (QED) is 0.868. The normalized spacial score (nSPS) is 24.4. The summed E-state index contributed by atoms with van der Waals surface area (Å²) in [6, 6.07) is -0.120. The average molecular weight is 310 g/mol. The first-order valence-corrected chi connectivity index (χ1v) is 8.69. The zero-order valence-corrected chi connectivity index (χ0v) is 14.1. The maximum atomic E-state index is 13.1. The second kappa shape index (κ2) is 7.84. The van der Waals surface area contributed by atoms with E-state index in [1.807, 2.05) is 4.90 Å². The number of alkyl carbamates (subject to hydrolysis) is 1. The summed E-state index contributed by atoms with van der Waals surface area (Å²) in [5, 5.41) is 2.82. The highest BCUT2D eigenvalue weighted by molar-refractivity contribution is 5.86. The standard InChI is InChI=1S/C17H30N2O3/c1-12(2)14-10-7-11-19(14)16(20)15(18-17(21)22-3)13-8-5-4-6-9-13/h12-15H,4-11H2,1-3H3,(H,18,21)/t14-,15-/m0/s1. The van der Waals surface area contributed by atoms with Crippen molar-refractivity contribution in [2.45, 2.75) is 70.9 Å². The minimum atomic E-state index is -0.496. The third-order valence-electron chi connectivity index (χ3n) is 5.20. The lowest BCUT2D eigenvalue weighted by molar-refractivity contribution is -0.136. The Labute approximate surface area is 133 Å². The zero-order chi connectivity index (χ0) is 16.1. The van der Waals surface area contributed by atoms with Crippen LogP contribution in [0.5, 0.6) is 0 Å². The van der Waals surface area contributed by atoms with Crippen LogP contribution < -0.4 is 5.32 Å². The minimum Gasteiger partial charge on any atom is -0.453 e. The van der Waals surface area contributed by atoms with Crippen LogP contribution in [-0.2, 0) is 9.53 Å². The highest BCUT2D eigenvalue weighted by atomic mass is 16.5. The molecule has 5 nitrogen and oxygen atoms in total. The van der Waals surface area contributed by atoms with E-state index >= 15 is 0 Å². The van der Waals surface area contributed by atoms with Gasteiger partial charge in [0, 0.05) is 12.6 Å². The van der Waals surface area contributed by atoms with E-state index in [1.54, 1.807) is 0 Å². The molecule has 1 aliphatic heterocycles. The number of nitrogens with one attached hydrogen (secondary N) is 1. The maximum absolute atomic E-state index is 13.1. The Kier molecular flexibility index (Phi) is 6.09. The minimum absolute atomic E-state index is 0.0912. The Morgan fingerprint density at radius 1 is 1.09 bits per heavy atom. The van der Waals surface area contributed by atoms with Gasteiger partial charge < -0.3 is 15.0 Å². The Morgan fingerprint density at radius 2 is 1.77 bits per heavy atom. The summed E-state index contributed by atoms with van der Waals surface area (Å²) >= 11 is 0. The Hall–Kier alpha value is -1.26. The largest absolute Gasteiger partial charge is 0.453 e. The summed E-state index contributed by atoms with van der Waals surface area (Å²) in [7, 11) is 1.35. The molecule has 0 spiro atoms. The molecule has 2 rings (SSSR count). The number of methoxy groups -OCH3 is 1. The first-order valence-electron chi connectivity index (χ1n) is 8.69. The van der Waals surface area contributed by atoms with Crippen LogP contribution in [-0.4, -0.2) is 42.6 Å². The molecule has 2 aliphatic rings. The third kappa shape index (κ3) is 3.93. The van der Waals surface area contributed by atoms with E-state index in [1.165, 1.54) is 13.5 Å². The summed E-state index contributed by atoms with van der Waals surface area (Å²) < 4.78 is 4.74. The Bertz CT molecular complexity index is 391. The van der Waals surface area contributed by atoms with E-state index in [0.717, 1.165) is 45.1 Å². The van der Waals surface area contributed by atoms with Crippen LogP contribution in [0.15, 0.2) is 0 Å². The topological polar surface area (TPSA) is 58.6 Å². The molecule has 2 amide bonds. The van der Waals surface area contributed by atoms with Crippen LogP contribution in [0.2, 0.25) is 0 Å². The SMILES string of the molecule is COC(=O)N[C@H](C(=O)N1CCC[C@H]1C(C)C)C1CCCCC1. The molecule has 126 valence electrons. The molecule has 2 fully saturated rings. The second-order valence-electron chi connectivity index (χ2n) is 7.00. The summed E-state index contributed by atoms with van der Waals surface area (Å²) in [4.78, 5) is 26.8. The molecular weight excluding hydrogens is 280 g/mol. The van der Waals surface area contributed by atoms with Crippen LogP contribution in [0.25, 0.3) is 0 Å². The van der Waals surface area contributed by atoms with E-state index in [4.69, 9.17) is 4.74 Å². The van der Waals surface area contributed by atoms with E-state index in [0.29, 0.717) is 12.0 Å². The van der Waals surface area contributed by atoms with Crippen LogP contribution in [0.3, 0.4) is 0 Å². The molecule has 1 saturated carbocycles. The van der Waals surface area contributed by atoms with Crippen LogP contribution in [0, 0.1) is 11.8 Å². The number of rotatable bonds is 4. The molecule has 1 heterocycles. The fourth-order valence-electron chi connectivity index (χ4n) is 3.97. The van der Waals surface area contributed by atoms with E-state index in [-0.39, 0.29) is 11.8 Å². The van der Waals surface area contributed by atoms with Gasteiger partial charge in [-0.3, -0.25) is 4.79 Å². The van der Waals surface area contributed by atoms with Gasteiger partial charge in [0.15, 0.2) is 0 Å². The fourth-order valence-corrected chi connectivity index (χ4v) is 3.97. The molecule has 0 unspecified atom stereocenters. The lowest BCUT2D eigenvalue weighted by atomic mass is 9.83. The van der Waals surface area contributed by atoms with Gasteiger partial charge in [0.2, 0.25) is 5.91 Å². The fraction of sp³-hybridized carbons (Fsp3) is 0.882. The highest BCUT2D eigenvalue weighted by Gasteiger charge is 2.39. The first kappa shape index (κ1) is 17.1. The lowest BCUT2D eigenvalue weighted by Crippen LogP contribution is -2.54. The molecule has 0 aromatic heterocycles. The van der Waals surface area contributed by atoms with Crippen molar-refractivity contribution in [1.82, 2.24) is 10.2 Å². The zero-order valence-electron chi connectivity index (χ0n) is 14.1. The van der Waals surface area contributed by atoms with Crippen LogP contribution >= 0.6 is 0 Å². The van der Waals surface area contributed by atoms with E-state index in [9.17, 15) is 9.59 Å². The molecule has 0 bridgehead atoms. The summed E-state index contributed by atoms with van der Waals surface area (Å²) in [6.07, 6.45) is 7.18. The van der Waals surface area contributed by atoms with Crippen molar-refractivity contribution in [3.05, 3.63) is 0 Å². The number of carbonyl (C=O) groups is 2. The number of hydrogen-bond donors (Lipinski definition) is 1. The first-order chi connectivity index (χ1) is 10.5. The monoisotopic (exact) mass is 310 g/mol. The van der Waals surface area contributed by atoms with Gasteiger partial charge in [0.25, 0.3) is 0 Å². The van der Waals surface area contributed by atoms with Crippen LogP contribution in [0.4, 0.5) is 4.79 Å². The van der Waals surface area contributed by atoms with Crippen molar-refractivity contribution in [3.63, 3.8) is 0 Å². The van der Waals surface area contributed by atoms with E-state index < -0.39 is 12.1 Å². The molecular formula is C17H30N2O3. The van der Waals surface area contributed by atoms with Crippen molar-refractivity contribution in [1.29, 1.82) is 0 Å². The molecule has 0 radical (unpaired) electrons. The van der Waals surface area contributed by atoms with E-state index in [2.05, 4.69) is 19.2 Å². The smallest absolute Gasteiger partial charge is 0.407 e. The summed E-state index contributed by atoms with van der Waals surface area (Å²) in [5.41, 5.74) is 0. The number of hydrogen-bond acceptors (Lipinski definition) is 3. The third-order valence-corrected chi connectivity index (χ3v) is 5.20. The lowest BCUT2D eigenvalue weighted by Gasteiger charge is -2.35. The van der Waals surface area contributed by atoms with Crippen molar-refractivity contribution in [2.75, 3.05) is 13.7 Å². The molecule has 5 heteroatoms. The molecule has 0 aromatic carbocycles. The van der Waals surface area contributed by atoms with Gasteiger partial charge in [-0.25, -0.2) is 4.79 Å². The van der Waals surface area contributed by atoms with Crippen LogP contribution in [0.1, 0.15) is 58.8 Å². The van der Waals surface area contributed by atoms with Gasteiger partial charge in [-0.05, 0) is 37.5 Å². The van der Waals surface area contributed by atoms with Crippen molar-refractivity contribution < 1.29 is 14.3 Å². The molecule has 22 heavy (non-hydrogen) atoms. The summed E-state index contributed by atoms with van der Waals surface area (Å²) in [6.45, 7) is 5.15. The van der Waals surface area contributed by atoms with Gasteiger partial charge in [-0.15, -0.1) is 0 Å². The molecule has 1 saturated heterocycles. The predicted octanol–water partition coefficient (Wildman–Crippen LogP) is 2.94. The molecule has 0 aromatic rings. The summed E-state index contributed by atoms with van der Waals surface area (Å²) in [5.74, 6) is 0.791. The second-order valence-corrected chi connectivity index (χ2v) is 7.00. The van der Waals surface area contributed by atoms with Gasteiger partial charge in [-0.2, -0.15) is 0 Å². The number of nitrogens with zero attached hydrogens (tertiary/aromatic N) is 1. The predicted molar refractivity (Wildman–Crippen MR) is 85.5 cm³/mol. The highest BCUT2D eigenvalue weighted by Crippen LogP contribution is 2.30. The molecule has 2 atom stereocenters. The van der Waals surface area contributed by atoms with Gasteiger partial charge >= 0.3 is 6.09 Å². The van der Waals surface area contributed by atoms with Gasteiger partial charge in [-0.1, -0.05) is 33.1 Å². The number of carbonyl (C=O) groups excluding carboxylic acids is 2. The van der Waals surface area contributed by atoms with Crippen molar-refractivity contribution in [3.8, 4) is 0 Å². The van der Waals surface area contributed by atoms with Gasteiger partial charge in [0.05, 0.1) is 7.11 Å².